The van der Waals surface area contributed by atoms with Crippen molar-refractivity contribution in [1.29, 1.82) is 0 Å². The molecule has 63 heavy (non-hydrogen) atoms. The highest BCUT2D eigenvalue weighted by molar-refractivity contribution is 6.17. The molecule has 0 saturated heterocycles. The van der Waals surface area contributed by atoms with Crippen molar-refractivity contribution >= 4 is 54.3 Å². The van der Waals surface area contributed by atoms with E-state index < -0.39 is 5.41 Å². The molecule has 0 saturated carbocycles. The van der Waals surface area contributed by atoms with Crippen LogP contribution in [0.2, 0.25) is 0 Å². The molecule has 12 aromatic rings. The Morgan fingerprint density at radius 1 is 0.302 bits per heavy atom. The number of hydrogen-bond acceptors (Lipinski definition) is 2. The molecule has 1 unspecified atom stereocenters. The van der Waals surface area contributed by atoms with Crippen molar-refractivity contribution in [1.82, 2.24) is 0 Å². The first-order valence-electron chi connectivity index (χ1n) is 21.8. The lowest BCUT2D eigenvalue weighted by Crippen LogP contribution is -2.25. The summed E-state index contributed by atoms with van der Waals surface area (Å²) in [4.78, 5) is 0. The van der Waals surface area contributed by atoms with Crippen LogP contribution in [0, 0.1) is 0 Å². The first-order valence-corrected chi connectivity index (χ1v) is 21.8. The molecule has 2 heteroatoms. The second kappa shape index (κ2) is 12.0. The van der Waals surface area contributed by atoms with Gasteiger partial charge in [0, 0.05) is 21.7 Å². The lowest BCUT2D eigenvalue weighted by molar-refractivity contribution is 0.487. The highest BCUT2D eigenvalue weighted by Gasteiger charge is 2.52. The summed E-state index contributed by atoms with van der Waals surface area (Å²) >= 11 is 0. The molecule has 1 atom stereocenters. The van der Waals surface area contributed by atoms with Crippen LogP contribution in [0.15, 0.2) is 211 Å². The largest absolute Gasteiger partial charge is 0.456 e. The number of hydrogen-bond donors (Lipinski definition) is 0. The van der Waals surface area contributed by atoms with E-state index in [1.165, 1.54) is 88.1 Å². The number of rotatable bonds is 2. The number of ether oxygens (including phenoxy) is 1. The van der Waals surface area contributed by atoms with Crippen molar-refractivity contribution in [3.63, 3.8) is 0 Å². The Bertz CT molecular complexity index is 4020. The quantitative estimate of drug-likeness (QED) is 0.174. The molecule has 2 aliphatic carbocycles. The summed E-state index contributed by atoms with van der Waals surface area (Å²) in [6, 6.07) is 76.1. The van der Waals surface area contributed by atoms with Gasteiger partial charge in [-0.2, -0.15) is 0 Å². The first-order chi connectivity index (χ1) is 31.2. The molecule has 15 rings (SSSR count). The lowest BCUT2D eigenvalue weighted by atomic mass is 9.70. The van der Waals surface area contributed by atoms with Crippen molar-refractivity contribution in [3.05, 3.63) is 229 Å². The van der Waals surface area contributed by atoms with Crippen LogP contribution in [0.5, 0.6) is 11.5 Å². The van der Waals surface area contributed by atoms with Gasteiger partial charge in [0.05, 0.1) is 5.41 Å². The molecule has 1 spiro atoms. The monoisotopic (exact) mass is 798 g/mol. The Balaban J connectivity index is 0.922. The van der Waals surface area contributed by atoms with Crippen molar-refractivity contribution in [2.45, 2.75) is 5.41 Å². The molecule has 0 fully saturated rings. The Labute approximate surface area is 362 Å². The minimum absolute atomic E-state index is 0.445. The Kier molecular flexibility index (Phi) is 6.38. The average Bonchev–Trinajstić information content (AvgIpc) is 3.97. The molecule has 0 amide bonds. The van der Waals surface area contributed by atoms with Crippen molar-refractivity contribution in [2.75, 3.05) is 0 Å². The van der Waals surface area contributed by atoms with Crippen LogP contribution in [0.25, 0.3) is 110 Å². The minimum Gasteiger partial charge on any atom is -0.456 e. The minimum atomic E-state index is -0.445. The molecular formula is C61H34O2. The van der Waals surface area contributed by atoms with Crippen LogP contribution < -0.4 is 4.74 Å². The maximum absolute atomic E-state index is 6.81. The van der Waals surface area contributed by atoms with Gasteiger partial charge >= 0.3 is 0 Å². The zero-order chi connectivity index (χ0) is 41.0. The molecule has 0 N–H and O–H groups in total. The fourth-order valence-corrected chi connectivity index (χ4v) is 11.9. The summed E-state index contributed by atoms with van der Waals surface area (Å²) in [6.07, 6.45) is 0. The van der Waals surface area contributed by atoms with Gasteiger partial charge in [0.15, 0.2) is 0 Å². The SMILES string of the molecule is c1ccc2c(c1)-c1ccc(-c3ccc4c5c(cccc35)-c3cc(-c5cccc6oc7cc8ccccc8cc7c56)ccc3O4)cc1C21c2ccccc2-c2c1ccc1ccccc21. The molecule has 11 aromatic carbocycles. The molecule has 0 radical (unpaired) electrons. The third-order valence-corrected chi connectivity index (χ3v) is 14.5. The van der Waals surface area contributed by atoms with Gasteiger partial charge in [0.25, 0.3) is 0 Å². The van der Waals surface area contributed by atoms with E-state index in [1.807, 2.05) is 0 Å². The fraction of sp³-hybridized carbons (Fsp3) is 0.0164. The van der Waals surface area contributed by atoms with E-state index >= 15 is 0 Å². The summed E-state index contributed by atoms with van der Waals surface area (Å²) in [6.45, 7) is 0. The van der Waals surface area contributed by atoms with E-state index in [0.717, 1.165) is 55.5 Å². The highest BCUT2D eigenvalue weighted by Crippen LogP contribution is 2.64. The predicted octanol–water partition coefficient (Wildman–Crippen LogP) is 16.5. The van der Waals surface area contributed by atoms with E-state index in [4.69, 9.17) is 9.15 Å². The number of furan rings is 1. The van der Waals surface area contributed by atoms with E-state index in [0.29, 0.717) is 0 Å². The maximum atomic E-state index is 6.81. The van der Waals surface area contributed by atoms with Gasteiger partial charge in [-0.15, -0.1) is 0 Å². The third kappa shape index (κ3) is 4.27. The molecule has 290 valence electrons. The van der Waals surface area contributed by atoms with Crippen LogP contribution in [0.1, 0.15) is 22.3 Å². The molecule has 3 aliphatic rings. The smallest absolute Gasteiger partial charge is 0.136 e. The van der Waals surface area contributed by atoms with Crippen molar-refractivity contribution in [2.24, 2.45) is 0 Å². The normalized spacial score (nSPS) is 15.2. The van der Waals surface area contributed by atoms with Crippen molar-refractivity contribution < 1.29 is 9.15 Å². The van der Waals surface area contributed by atoms with E-state index in [-0.39, 0.29) is 0 Å². The second-order valence-corrected chi connectivity index (χ2v) is 17.4. The topological polar surface area (TPSA) is 22.4 Å². The van der Waals surface area contributed by atoms with Gasteiger partial charge in [0.1, 0.15) is 22.7 Å². The fourth-order valence-electron chi connectivity index (χ4n) is 11.9. The Morgan fingerprint density at radius 3 is 1.86 bits per heavy atom. The van der Waals surface area contributed by atoms with Crippen LogP contribution in [-0.2, 0) is 5.41 Å². The standard InChI is InChI=1S/C61H34O2/c1-2-13-37-34-57-49(31-36(37)12-1)59-42(17-10-22-55(59)63-57)38-25-29-54-48(32-38)46-19-9-18-45-40(27-30-56(62-54)60(45)46)39-23-26-44-43-15-5-7-20-50(43)61(53(44)33-39)51-21-8-6-16-47(51)58-41-14-4-3-11-35(41)24-28-52(58)61/h1-34H. The average molecular weight is 799 g/mol. The Hall–Kier alpha value is -8.20. The third-order valence-electron chi connectivity index (χ3n) is 14.5. The zero-order valence-corrected chi connectivity index (χ0v) is 33.9. The van der Waals surface area contributed by atoms with Crippen LogP contribution in [0.3, 0.4) is 0 Å². The molecular weight excluding hydrogens is 765 g/mol. The zero-order valence-electron chi connectivity index (χ0n) is 33.9. The molecule has 2 nitrogen and oxygen atoms in total. The first kappa shape index (κ1) is 33.5. The summed E-state index contributed by atoms with van der Waals surface area (Å²) in [5, 5.41) is 9.53. The maximum Gasteiger partial charge on any atom is 0.136 e. The van der Waals surface area contributed by atoms with Crippen LogP contribution in [0.4, 0.5) is 0 Å². The summed E-state index contributed by atoms with van der Waals surface area (Å²) in [5.41, 5.74) is 18.9. The highest BCUT2D eigenvalue weighted by atomic mass is 16.5. The molecule has 0 bridgehead atoms. The van der Waals surface area contributed by atoms with Gasteiger partial charge in [0.2, 0.25) is 0 Å². The number of fused-ring (bicyclic) bond motifs is 18. The van der Waals surface area contributed by atoms with E-state index in [1.54, 1.807) is 0 Å². The van der Waals surface area contributed by atoms with E-state index in [2.05, 4.69) is 206 Å². The Morgan fingerprint density at radius 2 is 0.952 bits per heavy atom. The van der Waals surface area contributed by atoms with Gasteiger partial charge in [-0.05, 0) is 142 Å². The van der Waals surface area contributed by atoms with Crippen LogP contribution in [-0.4, -0.2) is 0 Å². The summed E-state index contributed by atoms with van der Waals surface area (Å²) in [5.74, 6) is 1.75. The van der Waals surface area contributed by atoms with Gasteiger partial charge in [-0.3, -0.25) is 0 Å². The molecule has 2 heterocycles. The summed E-state index contributed by atoms with van der Waals surface area (Å²) in [7, 11) is 0. The lowest BCUT2D eigenvalue weighted by Gasteiger charge is -2.31. The van der Waals surface area contributed by atoms with Gasteiger partial charge < -0.3 is 9.15 Å². The molecule has 1 aromatic heterocycles. The predicted molar refractivity (Wildman–Crippen MR) is 259 cm³/mol. The number of benzene rings is 11. The second-order valence-electron chi connectivity index (χ2n) is 17.4. The molecule has 1 aliphatic heterocycles. The van der Waals surface area contributed by atoms with E-state index in [9.17, 15) is 0 Å². The van der Waals surface area contributed by atoms with Crippen molar-refractivity contribution in [3.8, 4) is 67.1 Å². The summed E-state index contributed by atoms with van der Waals surface area (Å²) < 4.78 is 13.3. The van der Waals surface area contributed by atoms with Crippen LogP contribution >= 0.6 is 0 Å². The van der Waals surface area contributed by atoms with Gasteiger partial charge in [-0.25, -0.2) is 0 Å². The van der Waals surface area contributed by atoms with Gasteiger partial charge in [-0.1, -0.05) is 164 Å².